The summed E-state index contributed by atoms with van der Waals surface area (Å²) in [6.45, 7) is 3.26. The van der Waals surface area contributed by atoms with Crippen LogP contribution >= 0.6 is 0 Å². The Hall–Kier alpha value is -3.07. The quantitative estimate of drug-likeness (QED) is 0.894. The molecule has 0 radical (unpaired) electrons. The minimum absolute atomic E-state index is 0.277. The zero-order chi connectivity index (χ0) is 18.6. The van der Waals surface area contributed by atoms with Gasteiger partial charge in [-0.05, 0) is 44.2 Å². The van der Waals surface area contributed by atoms with E-state index in [1.165, 1.54) is 32.4 Å². The first kappa shape index (κ1) is 18.3. The molecule has 0 saturated heterocycles. The fourth-order valence-electron chi connectivity index (χ4n) is 2.34. The molecule has 0 spiro atoms. The maximum atomic E-state index is 14.3. The molecule has 2 aromatic rings. The maximum absolute atomic E-state index is 14.3. The Kier molecular flexibility index (Phi) is 5.28. The first-order valence-electron chi connectivity index (χ1n) is 7.57. The molecule has 6 heteroatoms. The second-order valence-electron chi connectivity index (χ2n) is 5.96. The van der Waals surface area contributed by atoms with E-state index < -0.39 is 17.1 Å². The van der Waals surface area contributed by atoms with E-state index in [0.717, 1.165) is 0 Å². The molecule has 0 bridgehead atoms. The Morgan fingerprint density at radius 2 is 1.80 bits per heavy atom. The molecule has 0 unspecified atom stereocenters. The molecule has 1 amide bonds. The van der Waals surface area contributed by atoms with Gasteiger partial charge in [-0.1, -0.05) is 6.07 Å². The van der Waals surface area contributed by atoms with Crippen molar-refractivity contribution in [3.63, 3.8) is 0 Å². The largest absolute Gasteiger partial charge is 0.493 e. The number of amides is 1. The van der Waals surface area contributed by atoms with Crippen molar-refractivity contribution in [2.45, 2.75) is 19.3 Å². The van der Waals surface area contributed by atoms with E-state index in [9.17, 15) is 9.18 Å². The minimum Gasteiger partial charge on any atom is -0.493 e. The molecular weight excluding hydrogens is 323 g/mol. The lowest BCUT2D eigenvalue weighted by atomic mass is 9.86. The van der Waals surface area contributed by atoms with Crippen LogP contribution in [0.1, 0.15) is 29.8 Å². The monoisotopic (exact) mass is 342 g/mol. The molecule has 0 saturated carbocycles. The lowest BCUT2D eigenvalue weighted by Crippen LogP contribution is -2.17. The van der Waals surface area contributed by atoms with E-state index >= 15 is 0 Å². The van der Waals surface area contributed by atoms with E-state index in [-0.39, 0.29) is 5.56 Å². The number of anilines is 1. The highest BCUT2D eigenvalue weighted by Crippen LogP contribution is 2.29. The van der Waals surface area contributed by atoms with E-state index in [4.69, 9.17) is 14.7 Å². The highest BCUT2D eigenvalue weighted by atomic mass is 19.1. The van der Waals surface area contributed by atoms with Crippen LogP contribution in [0.5, 0.6) is 11.5 Å². The van der Waals surface area contributed by atoms with Crippen molar-refractivity contribution in [1.29, 1.82) is 5.26 Å². The average molecular weight is 342 g/mol. The van der Waals surface area contributed by atoms with Crippen LogP contribution in [-0.2, 0) is 5.41 Å². The van der Waals surface area contributed by atoms with Crippen LogP contribution in [0.3, 0.4) is 0 Å². The second kappa shape index (κ2) is 7.22. The highest BCUT2D eigenvalue weighted by molar-refractivity contribution is 6.04. The summed E-state index contributed by atoms with van der Waals surface area (Å²) in [5.74, 6) is -0.0232. The first-order valence-corrected chi connectivity index (χ1v) is 7.57. The Balaban J connectivity index is 2.24. The predicted molar refractivity (Wildman–Crippen MR) is 92.5 cm³/mol. The van der Waals surface area contributed by atoms with Gasteiger partial charge in [0.15, 0.2) is 11.5 Å². The SMILES string of the molecule is COc1ccc(C(=O)Nc2ccc(C(C)(C)C#N)c(F)c2)cc1OC. The van der Waals surface area contributed by atoms with Crippen LogP contribution < -0.4 is 14.8 Å². The summed E-state index contributed by atoms with van der Waals surface area (Å²) in [7, 11) is 2.98. The molecule has 130 valence electrons. The van der Waals surface area contributed by atoms with Gasteiger partial charge in [0, 0.05) is 16.8 Å². The van der Waals surface area contributed by atoms with Crippen molar-refractivity contribution >= 4 is 11.6 Å². The third-order valence-electron chi connectivity index (χ3n) is 3.83. The number of hydrogen-bond acceptors (Lipinski definition) is 4. The highest BCUT2D eigenvalue weighted by Gasteiger charge is 2.24. The third-order valence-corrected chi connectivity index (χ3v) is 3.83. The topological polar surface area (TPSA) is 71.3 Å². The summed E-state index contributed by atoms with van der Waals surface area (Å²) in [6.07, 6.45) is 0. The van der Waals surface area contributed by atoms with Gasteiger partial charge in [-0.3, -0.25) is 4.79 Å². The van der Waals surface area contributed by atoms with Crippen LogP contribution in [-0.4, -0.2) is 20.1 Å². The molecule has 1 N–H and O–H groups in total. The van der Waals surface area contributed by atoms with Crippen molar-refractivity contribution in [2.75, 3.05) is 19.5 Å². The van der Waals surface area contributed by atoms with Crippen molar-refractivity contribution in [2.24, 2.45) is 0 Å². The number of hydrogen-bond donors (Lipinski definition) is 1. The number of nitrogens with one attached hydrogen (secondary N) is 1. The van der Waals surface area contributed by atoms with Crippen LogP contribution in [0.2, 0.25) is 0 Å². The number of benzene rings is 2. The Bertz CT molecular complexity index is 841. The van der Waals surface area contributed by atoms with Crippen LogP contribution in [0.15, 0.2) is 36.4 Å². The molecule has 25 heavy (non-hydrogen) atoms. The fraction of sp³-hybridized carbons (Fsp3) is 0.263. The van der Waals surface area contributed by atoms with Gasteiger partial charge in [-0.2, -0.15) is 5.26 Å². The smallest absolute Gasteiger partial charge is 0.255 e. The van der Waals surface area contributed by atoms with Crippen molar-refractivity contribution in [3.8, 4) is 17.6 Å². The standard InChI is InChI=1S/C19H19FN2O3/c1-19(2,11-21)14-7-6-13(10-15(14)20)22-18(23)12-5-8-16(24-3)17(9-12)25-4/h5-10H,1-4H3,(H,22,23). The van der Waals surface area contributed by atoms with Gasteiger partial charge in [-0.25, -0.2) is 4.39 Å². The Labute approximate surface area is 146 Å². The van der Waals surface area contributed by atoms with Gasteiger partial charge in [0.2, 0.25) is 0 Å². The predicted octanol–water partition coefficient (Wildman–Crippen LogP) is 3.90. The van der Waals surface area contributed by atoms with Crippen LogP contribution in [0, 0.1) is 17.1 Å². The number of ether oxygens (including phenoxy) is 2. The van der Waals surface area contributed by atoms with Gasteiger partial charge in [-0.15, -0.1) is 0 Å². The van der Waals surface area contributed by atoms with Gasteiger partial charge in [0.05, 0.1) is 25.7 Å². The molecule has 0 aliphatic rings. The zero-order valence-electron chi connectivity index (χ0n) is 14.5. The van der Waals surface area contributed by atoms with Gasteiger partial charge in [0.1, 0.15) is 5.82 Å². The Morgan fingerprint density at radius 3 is 2.36 bits per heavy atom. The van der Waals surface area contributed by atoms with Crippen molar-refractivity contribution in [3.05, 3.63) is 53.3 Å². The van der Waals surface area contributed by atoms with E-state index in [1.807, 2.05) is 0 Å². The number of carbonyl (C=O) groups excluding carboxylic acids is 1. The minimum atomic E-state index is -0.948. The lowest BCUT2D eigenvalue weighted by Gasteiger charge is -2.17. The molecule has 0 fully saturated rings. The van der Waals surface area contributed by atoms with Crippen molar-refractivity contribution in [1.82, 2.24) is 0 Å². The molecule has 0 aliphatic carbocycles. The molecule has 0 atom stereocenters. The number of methoxy groups -OCH3 is 2. The molecule has 2 aromatic carbocycles. The maximum Gasteiger partial charge on any atom is 0.255 e. The number of carbonyl (C=O) groups is 1. The molecule has 0 aliphatic heterocycles. The van der Waals surface area contributed by atoms with Crippen LogP contribution in [0.25, 0.3) is 0 Å². The van der Waals surface area contributed by atoms with Gasteiger partial charge in [0.25, 0.3) is 5.91 Å². The molecule has 5 nitrogen and oxygen atoms in total. The Morgan fingerprint density at radius 1 is 1.12 bits per heavy atom. The third kappa shape index (κ3) is 3.89. The van der Waals surface area contributed by atoms with E-state index in [2.05, 4.69) is 11.4 Å². The van der Waals surface area contributed by atoms with Crippen LogP contribution in [0.4, 0.5) is 10.1 Å². The van der Waals surface area contributed by atoms with Crippen molar-refractivity contribution < 1.29 is 18.7 Å². The number of rotatable bonds is 5. The average Bonchev–Trinajstić information content (AvgIpc) is 2.60. The normalized spacial score (nSPS) is 10.7. The number of nitriles is 1. The zero-order valence-corrected chi connectivity index (χ0v) is 14.5. The molecule has 0 heterocycles. The summed E-state index contributed by atoms with van der Waals surface area (Å²) in [4.78, 5) is 12.3. The summed E-state index contributed by atoms with van der Waals surface area (Å²) < 4.78 is 24.6. The fourth-order valence-corrected chi connectivity index (χ4v) is 2.34. The summed E-state index contributed by atoms with van der Waals surface area (Å²) in [6, 6.07) is 11.1. The summed E-state index contributed by atoms with van der Waals surface area (Å²) in [5, 5.41) is 11.7. The van der Waals surface area contributed by atoms with E-state index in [1.54, 1.807) is 32.0 Å². The van der Waals surface area contributed by atoms with Gasteiger partial charge >= 0.3 is 0 Å². The van der Waals surface area contributed by atoms with E-state index in [0.29, 0.717) is 22.7 Å². The number of halogens is 1. The molecular formula is C19H19FN2O3. The molecule has 2 rings (SSSR count). The molecule has 0 aromatic heterocycles. The lowest BCUT2D eigenvalue weighted by molar-refractivity contribution is 0.102. The van der Waals surface area contributed by atoms with Gasteiger partial charge < -0.3 is 14.8 Å². The second-order valence-corrected chi connectivity index (χ2v) is 5.96. The number of nitrogens with zero attached hydrogens (tertiary/aromatic N) is 1. The first-order chi connectivity index (χ1) is 11.8. The summed E-state index contributed by atoms with van der Waals surface area (Å²) >= 11 is 0. The summed E-state index contributed by atoms with van der Waals surface area (Å²) in [5.41, 5.74) is -0.0240.